The second-order valence-corrected chi connectivity index (χ2v) is 4.24. The van der Waals surface area contributed by atoms with E-state index >= 15 is 0 Å². The molecule has 19 heavy (non-hydrogen) atoms. The first-order valence-electron chi connectivity index (χ1n) is 5.92. The van der Waals surface area contributed by atoms with Crippen molar-refractivity contribution in [3.63, 3.8) is 0 Å². The summed E-state index contributed by atoms with van der Waals surface area (Å²) in [4.78, 5) is 24.8. The third-order valence-corrected chi connectivity index (χ3v) is 2.91. The van der Waals surface area contributed by atoms with Gasteiger partial charge in [-0.25, -0.2) is 0 Å². The number of likely N-dealkylation sites (tertiary alicyclic amines) is 1. The van der Waals surface area contributed by atoms with Crippen LogP contribution in [0.4, 0.5) is 8.78 Å². The number of carbonyl (C=O) groups is 2. The molecule has 0 unspecified atom stereocenters. The van der Waals surface area contributed by atoms with Gasteiger partial charge in [0.2, 0.25) is 0 Å². The van der Waals surface area contributed by atoms with Crippen molar-refractivity contribution in [1.29, 1.82) is 0 Å². The van der Waals surface area contributed by atoms with E-state index in [9.17, 15) is 18.4 Å². The summed E-state index contributed by atoms with van der Waals surface area (Å²) < 4.78 is 28.4. The summed E-state index contributed by atoms with van der Waals surface area (Å²) in [5.74, 6) is -0.181. The minimum atomic E-state index is -2.92. The number of ketones is 1. The Morgan fingerprint density at radius 1 is 1.26 bits per heavy atom. The highest BCUT2D eigenvalue weighted by atomic mass is 19.3. The van der Waals surface area contributed by atoms with E-state index in [-0.39, 0.29) is 23.0 Å². The Hall–Kier alpha value is -1.98. The number of halogens is 2. The first kappa shape index (κ1) is 13.5. The molecule has 1 saturated heterocycles. The summed E-state index contributed by atoms with van der Waals surface area (Å²) >= 11 is 0. The molecule has 0 aromatic heterocycles. The molecule has 6 heteroatoms. The van der Waals surface area contributed by atoms with E-state index in [0.29, 0.717) is 25.9 Å². The van der Waals surface area contributed by atoms with Crippen LogP contribution in [-0.4, -0.2) is 36.3 Å². The van der Waals surface area contributed by atoms with Crippen molar-refractivity contribution in [3.05, 3.63) is 29.8 Å². The molecule has 1 heterocycles. The average molecular weight is 269 g/mol. The summed E-state index contributed by atoms with van der Waals surface area (Å²) in [5.41, 5.74) is 0.285. The zero-order valence-electron chi connectivity index (χ0n) is 10.1. The standard InChI is InChI=1S/C13H13F2NO3/c14-13(15)19-11-3-1-2-9(8-11)12(18)16-6-4-10(17)5-7-16/h1-3,8,13H,4-7H2. The Bertz CT molecular complexity index is 481. The maximum absolute atomic E-state index is 12.1. The van der Waals surface area contributed by atoms with Gasteiger partial charge in [0.1, 0.15) is 11.5 Å². The predicted molar refractivity (Wildman–Crippen MR) is 63.2 cm³/mol. The molecule has 1 aromatic carbocycles. The quantitative estimate of drug-likeness (QED) is 0.844. The minimum absolute atomic E-state index is 0.0473. The number of piperidine rings is 1. The largest absolute Gasteiger partial charge is 0.435 e. The number of Topliss-reactive ketones (excluding diaryl/α,β-unsaturated/α-hetero) is 1. The maximum atomic E-state index is 12.1. The van der Waals surface area contributed by atoms with Gasteiger partial charge >= 0.3 is 6.61 Å². The molecule has 4 nitrogen and oxygen atoms in total. The lowest BCUT2D eigenvalue weighted by molar-refractivity contribution is -0.120. The molecule has 0 radical (unpaired) electrons. The molecule has 102 valence electrons. The molecular weight excluding hydrogens is 256 g/mol. The van der Waals surface area contributed by atoms with Crippen LogP contribution < -0.4 is 4.74 Å². The van der Waals surface area contributed by atoms with Gasteiger partial charge in [-0.05, 0) is 18.2 Å². The Balaban J connectivity index is 2.08. The first-order valence-corrected chi connectivity index (χ1v) is 5.92. The van der Waals surface area contributed by atoms with Gasteiger partial charge in [-0.15, -0.1) is 0 Å². The van der Waals surface area contributed by atoms with E-state index in [0.717, 1.165) is 0 Å². The SMILES string of the molecule is O=C1CCN(C(=O)c2cccc(OC(F)F)c2)CC1. The predicted octanol–water partition coefficient (Wildman–Crippen LogP) is 2.09. The number of ether oxygens (including phenoxy) is 1. The third-order valence-electron chi connectivity index (χ3n) is 2.91. The van der Waals surface area contributed by atoms with Crippen LogP contribution in [-0.2, 0) is 4.79 Å². The lowest BCUT2D eigenvalue weighted by atomic mass is 10.1. The van der Waals surface area contributed by atoms with E-state index in [1.54, 1.807) is 4.90 Å². The molecule has 0 N–H and O–H groups in total. The Morgan fingerprint density at radius 3 is 2.58 bits per heavy atom. The smallest absolute Gasteiger partial charge is 0.387 e. The van der Waals surface area contributed by atoms with Gasteiger partial charge in [0.15, 0.2) is 0 Å². The van der Waals surface area contributed by atoms with E-state index in [1.807, 2.05) is 0 Å². The zero-order valence-corrected chi connectivity index (χ0v) is 10.1. The van der Waals surface area contributed by atoms with Crippen molar-refractivity contribution in [2.45, 2.75) is 19.5 Å². The highest BCUT2D eigenvalue weighted by Gasteiger charge is 2.22. The highest BCUT2D eigenvalue weighted by Crippen LogP contribution is 2.18. The number of amides is 1. The molecule has 1 aliphatic heterocycles. The number of hydrogen-bond donors (Lipinski definition) is 0. The summed E-state index contributed by atoms with van der Waals surface area (Å²) in [6.07, 6.45) is 0.692. The van der Waals surface area contributed by atoms with Crippen molar-refractivity contribution in [3.8, 4) is 5.75 Å². The van der Waals surface area contributed by atoms with Crippen LogP contribution >= 0.6 is 0 Å². The lowest BCUT2D eigenvalue weighted by Gasteiger charge is -2.26. The Kier molecular flexibility index (Phi) is 4.09. The molecular formula is C13H13F2NO3. The van der Waals surface area contributed by atoms with Crippen LogP contribution in [0, 0.1) is 0 Å². The van der Waals surface area contributed by atoms with Crippen molar-refractivity contribution in [2.75, 3.05) is 13.1 Å². The molecule has 1 aliphatic rings. The van der Waals surface area contributed by atoms with Crippen molar-refractivity contribution < 1.29 is 23.1 Å². The minimum Gasteiger partial charge on any atom is -0.435 e. The van der Waals surface area contributed by atoms with Crippen LogP contribution in [0.25, 0.3) is 0 Å². The van der Waals surface area contributed by atoms with Crippen LogP contribution in [0.3, 0.4) is 0 Å². The van der Waals surface area contributed by atoms with Crippen LogP contribution in [0.15, 0.2) is 24.3 Å². The average Bonchev–Trinajstić information content (AvgIpc) is 2.38. The van der Waals surface area contributed by atoms with E-state index < -0.39 is 6.61 Å². The molecule has 0 bridgehead atoms. The van der Waals surface area contributed by atoms with Gasteiger partial charge in [-0.2, -0.15) is 8.78 Å². The van der Waals surface area contributed by atoms with E-state index in [1.165, 1.54) is 24.3 Å². The zero-order chi connectivity index (χ0) is 13.8. The van der Waals surface area contributed by atoms with Gasteiger partial charge in [0, 0.05) is 31.5 Å². The van der Waals surface area contributed by atoms with Crippen LogP contribution in [0.2, 0.25) is 0 Å². The van der Waals surface area contributed by atoms with Crippen LogP contribution in [0.1, 0.15) is 23.2 Å². The summed E-state index contributed by atoms with van der Waals surface area (Å²) in [6, 6.07) is 5.67. The second-order valence-electron chi connectivity index (χ2n) is 4.24. The van der Waals surface area contributed by atoms with Crippen molar-refractivity contribution in [1.82, 2.24) is 4.90 Å². The number of nitrogens with zero attached hydrogens (tertiary/aromatic N) is 1. The first-order chi connectivity index (χ1) is 9.06. The van der Waals surface area contributed by atoms with E-state index in [2.05, 4.69) is 4.74 Å². The Labute approximate surface area is 109 Å². The summed E-state index contributed by atoms with van der Waals surface area (Å²) in [6.45, 7) is -2.17. The van der Waals surface area contributed by atoms with Crippen LogP contribution in [0.5, 0.6) is 5.75 Å². The fraction of sp³-hybridized carbons (Fsp3) is 0.385. The van der Waals surface area contributed by atoms with Gasteiger partial charge < -0.3 is 9.64 Å². The maximum Gasteiger partial charge on any atom is 0.387 e. The monoisotopic (exact) mass is 269 g/mol. The number of rotatable bonds is 3. The lowest BCUT2D eigenvalue weighted by Crippen LogP contribution is -2.38. The molecule has 1 amide bonds. The number of benzene rings is 1. The van der Waals surface area contributed by atoms with Gasteiger partial charge in [0.05, 0.1) is 0 Å². The molecule has 0 atom stereocenters. The normalized spacial score (nSPS) is 15.7. The molecule has 1 aromatic rings. The Morgan fingerprint density at radius 2 is 1.95 bits per heavy atom. The third kappa shape index (κ3) is 3.49. The molecule has 1 fully saturated rings. The fourth-order valence-corrected chi connectivity index (χ4v) is 1.95. The molecule has 0 spiro atoms. The summed E-state index contributed by atoms with van der Waals surface area (Å²) in [5, 5.41) is 0. The van der Waals surface area contributed by atoms with Gasteiger partial charge in [0.25, 0.3) is 5.91 Å². The number of alkyl halides is 2. The van der Waals surface area contributed by atoms with Crippen molar-refractivity contribution in [2.24, 2.45) is 0 Å². The summed E-state index contributed by atoms with van der Waals surface area (Å²) in [7, 11) is 0. The number of hydrogen-bond acceptors (Lipinski definition) is 3. The molecule has 0 saturated carbocycles. The highest BCUT2D eigenvalue weighted by molar-refractivity contribution is 5.95. The number of carbonyl (C=O) groups excluding carboxylic acids is 2. The van der Waals surface area contributed by atoms with Gasteiger partial charge in [-0.1, -0.05) is 6.07 Å². The molecule has 2 rings (SSSR count). The molecule has 0 aliphatic carbocycles. The van der Waals surface area contributed by atoms with Crippen molar-refractivity contribution >= 4 is 11.7 Å². The fourth-order valence-electron chi connectivity index (χ4n) is 1.95. The van der Waals surface area contributed by atoms with E-state index in [4.69, 9.17) is 0 Å². The topological polar surface area (TPSA) is 46.6 Å². The van der Waals surface area contributed by atoms with Gasteiger partial charge in [-0.3, -0.25) is 9.59 Å². The second kappa shape index (κ2) is 5.77.